The van der Waals surface area contributed by atoms with Crippen molar-refractivity contribution in [3.63, 3.8) is 0 Å². The lowest BCUT2D eigenvalue weighted by molar-refractivity contribution is -0.140. The summed E-state index contributed by atoms with van der Waals surface area (Å²) in [5, 5.41) is 0. The van der Waals surface area contributed by atoms with Gasteiger partial charge in [-0.2, -0.15) is 4.99 Å². The third-order valence-corrected chi connectivity index (χ3v) is 4.93. The molecule has 0 aliphatic rings. The minimum absolute atomic E-state index is 0.106. The maximum absolute atomic E-state index is 12.1. The number of methoxy groups -OCH3 is 1. The number of esters is 1. The smallest absolute Gasteiger partial charge is 0.307 e. The van der Waals surface area contributed by atoms with Crippen LogP contribution in [0, 0.1) is 0 Å². The number of aromatic nitrogens is 1. The number of amides is 1. The molecule has 1 heterocycles. The maximum Gasteiger partial charge on any atom is 0.307 e. The van der Waals surface area contributed by atoms with E-state index in [9.17, 15) is 9.59 Å². The minimum Gasteiger partial charge on any atom is -0.469 e. The van der Waals surface area contributed by atoms with E-state index >= 15 is 0 Å². The van der Waals surface area contributed by atoms with E-state index < -0.39 is 0 Å². The highest BCUT2D eigenvalue weighted by atomic mass is 32.1. The zero-order valence-corrected chi connectivity index (χ0v) is 15.3. The molecule has 0 saturated heterocycles. The molecule has 1 aromatic carbocycles. The third-order valence-electron chi connectivity index (χ3n) is 3.89. The van der Waals surface area contributed by atoms with Crippen LogP contribution in [0.4, 0.5) is 0 Å². The quantitative estimate of drug-likeness (QED) is 0.720. The fraction of sp³-hybridized carbons (Fsp3) is 0.500. The fourth-order valence-electron chi connectivity index (χ4n) is 2.43. The van der Waals surface area contributed by atoms with Crippen LogP contribution in [0.15, 0.2) is 23.2 Å². The third kappa shape index (κ3) is 4.54. The summed E-state index contributed by atoms with van der Waals surface area (Å²) in [5.74, 6) is -0.374. The number of aryl methyl sites for hydroxylation is 2. The van der Waals surface area contributed by atoms with Gasteiger partial charge in [0, 0.05) is 13.0 Å². The Morgan fingerprint density at radius 2 is 2.04 bits per heavy atom. The zero-order valence-electron chi connectivity index (χ0n) is 14.5. The molecule has 0 atom stereocenters. The van der Waals surface area contributed by atoms with Crippen LogP contribution in [0.25, 0.3) is 10.2 Å². The number of hydrogen-bond acceptors (Lipinski definition) is 4. The number of thiazole rings is 1. The van der Waals surface area contributed by atoms with Crippen molar-refractivity contribution in [2.45, 2.75) is 52.5 Å². The Kier molecular flexibility index (Phi) is 6.73. The second kappa shape index (κ2) is 8.78. The molecule has 0 fully saturated rings. The predicted molar refractivity (Wildman–Crippen MR) is 95.9 cm³/mol. The molecule has 0 spiro atoms. The molecule has 2 aromatic rings. The highest BCUT2D eigenvalue weighted by Gasteiger charge is 2.10. The van der Waals surface area contributed by atoms with Crippen molar-refractivity contribution in [1.82, 2.24) is 4.57 Å². The highest BCUT2D eigenvalue weighted by molar-refractivity contribution is 7.16. The van der Waals surface area contributed by atoms with E-state index in [0.29, 0.717) is 17.8 Å². The Labute approximate surface area is 146 Å². The van der Waals surface area contributed by atoms with E-state index in [1.807, 2.05) is 10.6 Å². The lowest BCUT2D eigenvalue weighted by Crippen LogP contribution is -2.19. The van der Waals surface area contributed by atoms with Crippen LogP contribution in [0.3, 0.4) is 0 Å². The van der Waals surface area contributed by atoms with E-state index in [1.165, 1.54) is 24.0 Å². The Hall–Kier alpha value is -1.95. The average Bonchev–Trinajstić information content (AvgIpc) is 2.93. The van der Waals surface area contributed by atoms with Gasteiger partial charge >= 0.3 is 5.97 Å². The zero-order chi connectivity index (χ0) is 17.5. The van der Waals surface area contributed by atoms with E-state index in [4.69, 9.17) is 4.74 Å². The SMILES string of the molecule is CCCCC(=O)N=c1sc2cc(CC)ccc2n1CCC(=O)OC. The molecular weight excluding hydrogens is 324 g/mol. The Morgan fingerprint density at radius 1 is 1.25 bits per heavy atom. The minimum atomic E-state index is -0.268. The van der Waals surface area contributed by atoms with Gasteiger partial charge in [-0.05, 0) is 30.5 Å². The van der Waals surface area contributed by atoms with Crippen molar-refractivity contribution >= 4 is 33.4 Å². The summed E-state index contributed by atoms with van der Waals surface area (Å²) in [4.78, 5) is 28.5. The molecule has 0 radical (unpaired) electrons. The first kappa shape index (κ1) is 18.4. The van der Waals surface area contributed by atoms with Gasteiger partial charge in [-0.1, -0.05) is 37.7 Å². The predicted octanol–water partition coefficient (Wildman–Crippen LogP) is 3.45. The van der Waals surface area contributed by atoms with Crippen LogP contribution in [0.1, 0.15) is 45.1 Å². The summed E-state index contributed by atoms with van der Waals surface area (Å²) in [6.07, 6.45) is 3.49. The molecule has 0 saturated carbocycles. The van der Waals surface area contributed by atoms with Gasteiger partial charge in [0.25, 0.3) is 0 Å². The van der Waals surface area contributed by atoms with Gasteiger partial charge in [0.1, 0.15) is 0 Å². The maximum atomic E-state index is 12.1. The summed E-state index contributed by atoms with van der Waals surface area (Å²) in [6, 6.07) is 6.24. The number of hydrogen-bond donors (Lipinski definition) is 0. The lowest BCUT2D eigenvalue weighted by Gasteiger charge is -2.05. The molecule has 0 bridgehead atoms. The van der Waals surface area contributed by atoms with Gasteiger partial charge in [-0.15, -0.1) is 0 Å². The molecule has 130 valence electrons. The van der Waals surface area contributed by atoms with Crippen molar-refractivity contribution in [2.75, 3.05) is 7.11 Å². The molecule has 0 aliphatic carbocycles. The highest BCUT2D eigenvalue weighted by Crippen LogP contribution is 2.20. The van der Waals surface area contributed by atoms with E-state index in [2.05, 4.69) is 31.0 Å². The number of benzene rings is 1. The Morgan fingerprint density at radius 3 is 2.71 bits per heavy atom. The number of fused-ring (bicyclic) bond motifs is 1. The fourth-order valence-corrected chi connectivity index (χ4v) is 3.57. The van der Waals surface area contributed by atoms with Gasteiger partial charge in [-0.25, -0.2) is 0 Å². The molecule has 6 heteroatoms. The average molecular weight is 348 g/mol. The number of carbonyl (C=O) groups is 2. The normalized spacial score (nSPS) is 11.9. The summed E-state index contributed by atoms with van der Waals surface area (Å²) in [6.45, 7) is 4.62. The van der Waals surface area contributed by atoms with Crippen LogP contribution in [-0.4, -0.2) is 23.6 Å². The molecule has 24 heavy (non-hydrogen) atoms. The van der Waals surface area contributed by atoms with Gasteiger partial charge in [-0.3, -0.25) is 9.59 Å². The molecule has 0 N–H and O–H groups in total. The van der Waals surface area contributed by atoms with Gasteiger partial charge in [0.05, 0.1) is 23.7 Å². The Bertz CT molecular complexity index is 789. The van der Waals surface area contributed by atoms with Crippen molar-refractivity contribution in [3.05, 3.63) is 28.6 Å². The molecule has 0 unspecified atom stereocenters. The van der Waals surface area contributed by atoms with E-state index in [-0.39, 0.29) is 18.3 Å². The molecular formula is C18H24N2O3S. The van der Waals surface area contributed by atoms with E-state index in [0.717, 1.165) is 29.5 Å². The van der Waals surface area contributed by atoms with Crippen LogP contribution < -0.4 is 4.80 Å². The van der Waals surface area contributed by atoms with Crippen molar-refractivity contribution < 1.29 is 14.3 Å². The van der Waals surface area contributed by atoms with Crippen molar-refractivity contribution in [2.24, 2.45) is 4.99 Å². The number of unbranched alkanes of at least 4 members (excludes halogenated alkanes) is 1. The number of ether oxygens (including phenoxy) is 1. The van der Waals surface area contributed by atoms with Gasteiger partial charge in [0.15, 0.2) is 4.80 Å². The molecule has 5 nitrogen and oxygen atoms in total. The van der Waals surface area contributed by atoms with Crippen LogP contribution in [0.5, 0.6) is 0 Å². The summed E-state index contributed by atoms with van der Waals surface area (Å²) < 4.78 is 7.75. The topological polar surface area (TPSA) is 60.7 Å². The van der Waals surface area contributed by atoms with Crippen LogP contribution >= 0.6 is 11.3 Å². The number of carbonyl (C=O) groups excluding carboxylic acids is 2. The first-order valence-electron chi connectivity index (χ1n) is 8.35. The van der Waals surface area contributed by atoms with Crippen molar-refractivity contribution in [1.29, 1.82) is 0 Å². The standard InChI is InChI=1S/C18H24N2O3S/c1-4-6-7-16(21)19-18-20(11-10-17(22)23-3)14-9-8-13(5-2)12-15(14)24-18/h8-9,12H,4-7,10-11H2,1-3H3. The monoisotopic (exact) mass is 348 g/mol. The van der Waals surface area contributed by atoms with Crippen LogP contribution in [0.2, 0.25) is 0 Å². The Balaban J connectivity index is 2.44. The first-order valence-corrected chi connectivity index (χ1v) is 9.17. The largest absolute Gasteiger partial charge is 0.469 e. The second-order valence-corrected chi connectivity index (χ2v) is 6.64. The van der Waals surface area contributed by atoms with Gasteiger partial charge < -0.3 is 9.30 Å². The number of nitrogens with zero attached hydrogens (tertiary/aromatic N) is 2. The lowest BCUT2D eigenvalue weighted by atomic mass is 10.2. The second-order valence-electron chi connectivity index (χ2n) is 5.63. The molecule has 0 aliphatic heterocycles. The van der Waals surface area contributed by atoms with Crippen molar-refractivity contribution in [3.8, 4) is 0 Å². The summed E-state index contributed by atoms with van der Waals surface area (Å²) in [5.41, 5.74) is 2.25. The van der Waals surface area contributed by atoms with E-state index in [1.54, 1.807) is 0 Å². The first-order chi connectivity index (χ1) is 11.6. The van der Waals surface area contributed by atoms with Gasteiger partial charge in [0.2, 0.25) is 5.91 Å². The number of rotatable bonds is 7. The van der Waals surface area contributed by atoms with Crippen LogP contribution in [-0.2, 0) is 27.3 Å². The molecule has 1 amide bonds. The summed E-state index contributed by atoms with van der Waals surface area (Å²) in [7, 11) is 1.38. The molecule has 1 aromatic heterocycles. The summed E-state index contributed by atoms with van der Waals surface area (Å²) >= 11 is 1.50. The molecule has 2 rings (SSSR count).